The first-order chi connectivity index (χ1) is 32.1. The largest absolute Gasteiger partial charge is 0.394 e. The summed E-state index contributed by atoms with van der Waals surface area (Å²) in [5, 5.41) is 86.9. The van der Waals surface area contributed by atoms with Crippen molar-refractivity contribution in [3.63, 3.8) is 0 Å². The topological polar surface area (TPSA) is 228 Å². The van der Waals surface area contributed by atoms with E-state index in [0.717, 1.165) is 51.4 Å². The van der Waals surface area contributed by atoms with E-state index in [1.165, 1.54) is 154 Å². The van der Waals surface area contributed by atoms with E-state index in [1.807, 2.05) is 0 Å². The normalized spacial score (nSPS) is 26.7. The van der Waals surface area contributed by atoms with Crippen LogP contribution in [0, 0.1) is 0 Å². The molecule has 0 radical (unpaired) electrons. The predicted molar refractivity (Wildman–Crippen MR) is 259 cm³/mol. The van der Waals surface area contributed by atoms with Crippen LogP contribution >= 0.6 is 0 Å². The van der Waals surface area contributed by atoms with Crippen molar-refractivity contribution in [2.24, 2.45) is 0 Å². The van der Waals surface area contributed by atoms with Crippen LogP contribution in [0.15, 0.2) is 0 Å². The number of amides is 1. The smallest absolute Gasteiger partial charge is 0.220 e. The zero-order valence-electron chi connectivity index (χ0n) is 41.7. The molecule has 0 saturated carbocycles. The van der Waals surface area contributed by atoms with Crippen LogP contribution in [0.2, 0.25) is 0 Å². The molecule has 0 aromatic rings. The Kier molecular flexibility index (Phi) is 36.7. The number of carbonyl (C=O) groups excluding carboxylic acids is 1. The Morgan fingerprint density at radius 1 is 0.485 bits per heavy atom. The van der Waals surface area contributed by atoms with E-state index in [4.69, 9.17) is 18.9 Å². The number of aliphatic hydroxyl groups is 8. The molecular formula is C52H101NO13. The average Bonchev–Trinajstić information content (AvgIpc) is 3.31. The molecule has 2 fully saturated rings. The molecule has 0 bridgehead atoms. The van der Waals surface area contributed by atoms with E-state index in [0.29, 0.717) is 12.8 Å². The SMILES string of the molecule is CCCCCCCCCCCCCCCCCCCCCCCCC(=O)N[C@@H](CO[C@@H]1O[C@H](CO)[C@@H](O[C@@H]2O[C@H](CO)[C@H](O)C(O)C2O)C(O)C1O)[C@H](O)CCCCCCCCCCCC. The van der Waals surface area contributed by atoms with Gasteiger partial charge in [0, 0.05) is 6.42 Å². The number of hydrogen-bond acceptors (Lipinski definition) is 13. The molecule has 2 aliphatic rings. The highest BCUT2D eigenvalue weighted by molar-refractivity contribution is 5.76. The van der Waals surface area contributed by atoms with Crippen molar-refractivity contribution in [3.8, 4) is 0 Å². The Morgan fingerprint density at radius 2 is 0.864 bits per heavy atom. The maximum absolute atomic E-state index is 13.2. The van der Waals surface area contributed by atoms with Crippen LogP contribution in [0.25, 0.3) is 0 Å². The van der Waals surface area contributed by atoms with Gasteiger partial charge in [0.05, 0.1) is 32.0 Å². The minimum atomic E-state index is -1.78. The molecule has 0 aromatic heterocycles. The second kappa shape index (κ2) is 39.7. The summed E-state index contributed by atoms with van der Waals surface area (Å²) >= 11 is 0. The van der Waals surface area contributed by atoms with E-state index in [-0.39, 0.29) is 12.5 Å². The maximum Gasteiger partial charge on any atom is 0.220 e. The van der Waals surface area contributed by atoms with E-state index < -0.39 is 86.8 Å². The van der Waals surface area contributed by atoms with Crippen molar-refractivity contribution in [1.82, 2.24) is 5.32 Å². The Morgan fingerprint density at radius 3 is 1.29 bits per heavy atom. The molecule has 0 aliphatic carbocycles. The van der Waals surface area contributed by atoms with Gasteiger partial charge in [-0.2, -0.15) is 0 Å². The molecule has 9 N–H and O–H groups in total. The fourth-order valence-electron chi connectivity index (χ4n) is 9.36. The van der Waals surface area contributed by atoms with Gasteiger partial charge in [-0.1, -0.05) is 213 Å². The van der Waals surface area contributed by atoms with Gasteiger partial charge < -0.3 is 65.1 Å². The van der Waals surface area contributed by atoms with Crippen LogP contribution in [0.4, 0.5) is 0 Å². The molecule has 1 amide bonds. The highest BCUT2D eigenvalue weighted by atomic mass is 16.7. The Balaban J connectivity index is 1.73. The van der Waals surface area contributed by atoms with Gasteiger partial charge >= 0.3 is 0 Å². The Hall–Kier alpha value is -1.01. The summed E-state index contributed by atoms with van der Waals surface area (Å²) in [6.07, 6.45) is 24.0. The Labute approximate surface area is 400 Å². The van der Waals surface area contributed by atoms with Gasteiger partial charge in [0.25, 0.3) is 0 Å². The van der Waals surface area contributed by atoms with Crippen molar-refractivity contribution in [1.29, 1.82) is 0 Å². The molecular weight excluding hydrogens is 847 g/mol. The van der Waals surface area contributed by atoms with Gasteiger partial charge in [-0.05, 0) is 12.8 Å². The monoisotopic (exact) mass is 948 g/mol. The van der Waals surface area contributed by atoms with Crippen molar-refractivity contribution in [2.45, 2.75) is 306 Å². The van der Waals surface area contributed by atoms with Crippen molar-refractivity contribution < 1.29 is 64.6 Å². The van der Waals surface area contributed by atoms with Gasteiger partial charge in [-0.25, -0.2) is 0 Å². The number of rotatable bonds is 43. The Bertz CT molecular complexity index is 1120. The third-order valence-electron chi connectivity index (χ3n) is 13.8. The molecule has 12 atom stereocenters. The van der Waals surface area contributed by atoms with Gasteiger partial charge in [0.2, 0.25) is 5.91 Å². The standard InChI is InChI=1S/C52H101NO13/c1-3-5-7-9-11-13-15-16-17-18-19-20-21-22-23-24-25-26-28-30-32-34-36-44(57)53-40(41(56)35-33-31-29-27-14-12-10-8-6-4-2)39-63-51-49(62)47(60)50(43(38-55)65-51)66-52-48(61)46(59)45(58)42(37-54)64-52/h40-43,45-52,54-56,58-62H,3-39H2,1-2H3,(H,53,57)/t40-,41+,42+,43+,45-,46?,47?,48?,49?,50+,51+,52-/m0/s1. The van der Waals surface area contributed by atoms with Crippen LogP contribution in [-0.2, 0) is 23.7 Å². The molecule has 2 heterocycles. The zero-order valence-corrected chi connectivity index (χ0v) is 41.7. The quantitative estimate of drug-likeness (QED) is 0.0267. The molecule has 0 spiro atoms. The van der Waals surface area contributed by atoms with E-state index in [1.54, 1.807) is 0 Å². The number of aliphatic hydroxyl groups excluding tert-OH is 8. The van der Waals surface area contributed by atoms with Crippen LogP contribution in [0.5, 0.6) is 0 Å². The first kappa shape index (κ1) is 61.1. The molecule has 392 valence electrons. The summed E-state index contributed by atoms with van der Waals surface area (Å²) in [4.78, 5) is 13.2. The zero-order chi connectivity index (χ0) is 48.2. The highest BCUT2D eigenvalue weighted by Gasteiger charge is 2.51. The first-order valence-corrected chi connectivity index (χ1v) is 27.3. The molecule has 2 rings (SSSR count). The third kappa shape index (κ3) is 26.3. The van der Waals surface area contributed by atoms with E-state index in [9.17, 15) is 45.6 Å². The molecule has 14 heteroatoms. The first-order valence-electron chi connectivity index (χ1n) is 27.3. The van der Waals surface area contributed by atoms with Crippen LogP contribution < -0.4 is 5.32 Å². The summed E-state index contributed by atoms with van der Waals surface area (Å²) in [6, 6.07) is -0.820. The molecule has 14 nitrogen and oxygen atoms in total. The van der Waals surface area contributed by atoms with Gasteiger partial charge in [0.15, 0.2) is 12.6 Å². The summed E-state index contributed by atoms with van der Waals surface area (Å²) in [7, 11) is 0. The minimum absolute atomic E-state index is 0.203. The molecule has 2 saturated heterocycles. The lowest BCUT2D eigenvalue weighted by Crippen LogP contribution is -2.65. The number of unbranched alkanes of at least 4 members (excludes halogenated alkanes) is 30. The maximum atomic E-state index is 13.2. The number of ether oxygens (including phenoxy) is 4. The summed E-state index contributed by atoms with van der Waals surface area (Å²) < 4.78 is 22.7. The fraction of sp³-hybridized carbons (Fsp3) is 0.981. The van der Waals surface area contributed by atoms with Crippen molar-refractivity contribution >= 4 is 5.91 Å². The fourth-order valence-corrected chi connectivity index (χ4v) is 9.36. The lowest BCUT2D eigenvalue weighted by Gasteiger charge is -2.46. The minimum Gasteiger partial charge on any atom is -0.394 e. The highest BCUT2D eigenvalue weighted by Crippen LogP contribution is 2.30. The van der Waals surface area contributed by atoms with Crippen LogP contribution in [-0.4, -0.2) is 140 Å². The summed E-state index contributed by atoms with van der Waals surface area (Å²) in [5.41, 5.74) is 0. The van der Waals surface area contributed by atoms with Crippen molar-refractivity contribution in [3.05, 3.63) is 0 Å². The number of nitrogens with one attached hydrogen (secondary N) is 1. The molecule has 0 aromatic carbocycles. The summed E-state index contributed by atoms with van der Waals surface area (Å²) in [5.74, 6) is -0.203. The molecule has 66 heavy (non-hydrogen) atoms. The van der Waals surface area contributed by atoms with Gasteiger partial charge in [0.1, 0.15) is 48.8 Å². The second-order valence-corrected chi connectivity index (χ2v) is 19.7. The van der Waals surface area contributed by atoms with Crippen LogP contribution in [0.1, 0.15) is 232 Å². The second-order valence-electron chi connectivity index (χ2n) is 19.7. The van der Waals surface area contributed by atoms with Crippen molar-refractivity contribution in [2.75, 3.05) is 19.8 Å². The number of hydrogen-bond donors (Lipinski definition) is 9. The van der Waals surface area contributed by atoms with Crippen LogP contribution in [0.3, 0.4) is 0 Å². The lowest BCUT2D eigenvalue weighted by molar-refractivity contribution is -0.359. The van der Waals surface area contributed by atoms with E-state index in [2.05, 4.69) is 19.2 Å². The van der Waals surface area contributed by atoms with Gasteiger partial charge in [-0.15, -0.1) is 0 Å². The summed E-state index contributed by atoms with van der Waals surface area (Å²) in [6.45, 7) is 2.85. The predicted octanol–water partition coefficient (Wildman–Crippen LogP) is 7.78. The average molecular weight is 948 g/mol. The van der Waals surface area contributed by atoms with E-state index >= 15 is 0 Å². The lowest BCUT2D eigenvalue weighted by atomic mass is 9.97. The molecule has 4 unspecified atom stereocenters. The number of carbonyl (C=O) groups is 1. The van der Waals surface area contributed by atoms with Gasteiger partial charge in [-0.3, -0.25) is 4.79 Å². The third-order valence-corrected chi connectivity index (χ3v) is 13.8. The molecule has 2 aliphatic heterocycles.